The van der Waals surface area contributed by atoms with Gasteiger partial charge < -0.3 is 5.32 Å². The van der Waals surface area contributed by atoms with Crippen molar-refractivity contribution in [3.8, 4) is 0 Å². The molecule has 0 bridgehead atoms. The van der Waals surface area contributed by atoms with Gasteiger partial charge in [-0.15, -0.1) is 0 Å². The van der Waals surface area contributed by atoms with E-state index in [1.165, 1.54) is 49.7 Å². The van der Waals surface area contributed by atoms with E-state index in [1.807, 2.05) is 0 Å². The van der Waals surface area contributed by atoms with Crippen LogP contribution in [0.15, 0.2) is 24.3 Å². The lowest BCUT2D eigenvalue weighted by Crippen LogP contribution is -2.25. The molecule has 0 amide bonds. The summed E-state index contributed by atoms with van der Waals surface area (Å²) in [6.07, 6.45) is 7.63. The Kier molecular flexibility index (Phi) is 7.81. The first-order chi connectivity index (χ1) is 9.26. The van der Waals surface area contributed by atoms with Crippen molar-refractivity contribution in [1.29, 1.82) is 0 Å². The minimum Gasteiger partial charge on any atom is -0.313 e. The van der Waals surface area contributed by atoms with Gasteiger partial charge in [-0.3, -0.25) is 0 Å². The first kappa shape index (κ1) is 16.2. The Hall–Kier alpha value is -0.820. The van der Waals surface area contributed by atoms with Crippen molar-refractivity contribution in [1.82, 2.24) is 5.32 Å². The number of hydrogen-bond donors (Lipinski definition) is 1. The van der Waals surface area contributed by atoms with Crippen LogP contribution in [0, 0.1) is 5.92 Å². The lowest BCUT2D eigenvalue weighted by atomic mass is 9.86. The largest absolute Gasteiger partial charge is 0.313 e. The van der Waals surface area contributed by atoms with Crippen molar-refractivity contribution >= 4 is 0 Å². The zero-order valence-corrected chi connectivity index (χ0v) is 13.2. The van der Waals surface area contributed by atoms with Gasteiger partial charge in [0.2, 0.25) is 0 Å². The Morgan fingerprint density at radius 3 is 2.16 bits per heavy atom. The highest BCUT2D eigenvalue weighted by Gasteiger charge is 2.19. The fourth-order valence-corrected chi connectivity index (χ4v) is 2.93. The van der Waals surface area contributed by atoms with Crippen LogP contribution in [0.25, 0.3) is 0 Å². The van der Waals surface area contributed by atoms with Crippen molar-refractivity contribution in [2.45, 2.75) is 65.3 Å². The van der Waals surface area contributed by atoms with Gasteiger partial charge in [0, 0.05) is 6.04 Å². The summed E-state index contributed by atoms with van der Waals surface area (Å²) in [6.45, 7) is 6.83. The number of unbranched alkanes of at least 4 members (excludes halogenated alkanes) is 1. The van der Waals surface area contributed by atoms with E-state index < -0.39 is 0 Å². The van der Waals surface area contributed by atoms with Crippen LogP contribution in [0.5, 0.6) is 0 Å². The number of rotatable bonds is 9. The van der Waals surface area contributed by atoms with Crippen molar-refractivity contribution in [3.05, 3.63) is 35.4 Å². The summed E-state index contributed by atoms with van der Waals surface area (Å²) in [6, 6.07) is 9.75. The van der Waals surface area contributed by atoms with E-state index in [4.69, 9.17) is 0 Å². The van der Waals surface area contributed by atoms with E-state index in [-0.39, 0.29) is 0 Å². The Morgan fingerprint density at radius 1 is 1.00 bits per heavy atom. The van der Waals surface area contributed by atoms with Gasteiger partial charge in [-0.2, -0.15) is 0 Å². The van der Waals surface area contributed by atoms with Gasteiger partial charge in [0.05, 0.1) is 0 Å². The van der Waals surface area contributed by atoms with Crippen molar-refractivity contribution in [3.63, 3.8) is 0 Å². The third kappa shape index (κ3) is 4.99. The van der Waals surface area contributed by atoms with E-state index in [1.54, 1.807) is 0 Å². The summed E-state index contributed by atoms with van der Waals surface area (Å²) in [5.74, 6) is 0.752. The molecule has 0 saturated heterocycles. The molecule has 0 spiro atoms. The molecule has 0 fully saturated rings. The summed E-state index contributed by atoms with van der Waals surface area (Å²) in [7, 11) is 2.10. The van der Waals surface area contributed by atoms with E-state index in [0.29, 0.717) is 6.04 Å². The Morgan fingerprint density at radius 2 is 1.68 bits per heavy atom. The van der Waals surface area contributed by atoms with Crippen LogP contribution in [0.2, 0.25) is 0 Å². The zero-order chi connectivity index (χ0) is 14.1. The molecule has 0 aliphatic carbocycles. The first-order valence-electron chi connectivity index (χ1n) is 8.02. The maximum Gasteiger partial charge on any atom is 0.0346 e. The molecule has 2 unspecified atom stereocenters. The molecule has 0 aliphatic rings. The maximum absolute atomic E-state index is 3.53. The Bertz CT molecular complexity index is 328. The zero-order valence-electron chi connectivity index (χ0n) is 13.2. The Labute approximate surface area is 119 Å². The smallest absolute Gasteiger partial charge is 0.0346 e. The molecule has 0 saturated carbocycles. The van der Waals surface area contributed by atoms with Gasteiger partial charge in [0.15, 0.2) is 0 Å². The minimum absolute atomic E-state index is 0.507. The monoisotopic (exact) mass is 261 g/mol. The van der Waals surface area contributed by atoms with Gasteiger partial charge in [0.1, 0.15) is 0 Å². The normalized spacial score (nSPS) is 14.3. The standard InChI is InChI=1S/C18H31N/c1-5-8-10-16(7-3)18(19-4)17-13-11-15(9-6-2)12-14-17/h11-14,16,18-19H,5-10H2,1-4H3. The van der Waals surface area contributed by atoms with E-state index in [2.05, 4.69) is 57.4 Å². The van der Waals surface area contributed by atoms with Crippen LogP contribution in [0.3, 0.4) is 0 Å². The van der Waals surface area contributed by atoms with Crippen molar-refractivity contribution < 1.29 is 0 Å². The molecule has 0 heterocycles. The average molecular weight is 261 g/mol. The number of nitrogens with one attached hydrogen (secondary N) is 1. The molecule has 1 nitrogen and oxygen atoms in total. The maximum atomic E-state index is 3.53. The molecule has 19 heavy (non-hydrogen) atoms. The SMILES string of the molecule is CCCCC(CC)C(NC)c1ccc(CCC)cc1. The second-order valence-electron chi connectivity index (χ2n) is 5.57. The molecule has 0 radical (unpaired) electrons. The molecule has 108 valence electrons. The molecular weight excluding hydrogens is 230 g/mol. The summed E-state index contributed by atoms with van der Waals surface area (Å²) >= 11 is 0. The molecule has 2 atom stereocenters. The highest BCUT2D eigenvalue weighted by molar-refractivity contribution is 5.25. The molecule has 1 aromatic rings. The summed E-state index contributed by atoms with van der Waals surface area (Å²) in [4.78, 5) is 0. The van der Waals surface area contributed by atoms with Crippen LogP contribution in [0.4, 0.5) is 0 Å². The predicted molar refractivity (Wildman–Crippen MR) is 85.5 cm³/mol. The van der Waals surface area contributed by atoms with Gasteiger partial charge in [-0.25, -0.2) is 0 Å². The van der Waals surface area contributed by atoms with Crippen LogP contribution in [0.1, 0.15) is 70.0 Å². The van der Waals surface area contributed by atoms with Crippen LogP contribution < -0.4 is 5.32 Å². The van der Waals surface area contributed by atoms with Crippen LogP contribution in [-0.4, -0.2) is 7.05 Å². The second kappa shape index (κ2) is 9.14. The van der Waals surface area contributed by atoms with Gasteiger partial charge in [0.25, 0.3) is 0 Å². The lowest BCUT2D eigenvalue weighted by molar-refractivity contribution is 0.339. The molecule has 1 aromatic carbocycles. The van der Waals surface area contributed by atoms with E-state index in [0.717, 1.165) is 5.92 Å². The minimum atomic E-state index is 0.507. The highest BCUT2D eigenvalue weighted by Crippen LogP contribution is 2.29. The summed E-state index contributed by atoms with van der Waals surface area (Å²) < 4.78 is 0. The predicted octanol–water partition coefficient (Wildman–Crippen LogP) is 5.12. The third-order valence-electron chi connectivity index (χ3n) is 4.11. The van der Waals surface area contributed by atoms with Gasteiger partial charge >= 0.3 is 0 Å². The average Bonchev–Trinajstić information content (AvgIpc) is 2.45. The highest BCUT2D eigenvalue weighted by atomic mass is 14.9. The molecule has 1 rings (SSSR count). The van der Waals surface area contributed by atoms with Gasteiger partial charge in [-0.05, 0) is 36.9 Å². The lowest BCUT2D eigenvalue weighted by Gasteiger charge is -2.26. The van der Waals surface area contributed by atoms with E-state index >= 15 is 0 Å². The fourth-order valence-electron chi connectivity index (χ4n) is 2.93. The molecule has 1 heteroatoms. The van der Waals surface area contributed by atoms with Crippen LogP contribution >= 0.6 is 0 Å². The second-order valence-corrected chi connectivity index (χ2v) is 5.57. The third-order valence-corrected chi connectivity index (χ3v) is 4.11. The Balaban J connectivity index is 2.76. The summed E-state index contributed by atoms with van der Waals surface area (Å²) in [5.41, 5.74) is 2.91. The number of aryl methyl sites for hydroxylation is 1. The van der Waals surface area contributed by atoms with Crippen LogP contribution in [-0.2, 0) is 6.42 Å². The van der Waals surface area contributed by atoms with Crippen molar-refractivity contribution in [2.24, 2.45) is 5.92 Å². The fraction of sp³-hybridized carbons (Fsp3) is 0.667. The topological polar surface area (TPSA) is 12.0 Å². The number of benzene rings is 1. The quantitative estimate of drug-likeness (QED) is 0.651. The molecular formula is C18H31N. The van der Waals surface area contributed by atoms with Crippen molar-refractivity contribution in [2.75, 3.05) is 7.05 Å². The number of hydrogen-bond acceptors (Lipinski definition) is 1. The van der Waals surface area contributed by atoms with Gasteiger partial charge in [-0.1, -0.05) is 70.7 Å². The summed E-state index contributed by atoms with van der Waals surface area (Å²) in [5, 5.41) is 3.53. The molecule has 0 aliphatic heterocycles. The van der Waals surface area contributed by atoms with E-state index in [9.17, 15) is 0 Å². The molecule has 1 N–H and O–H groups in total. The molecule has 0 aromatic heterocycles. The first-order valence-corrected chi connectivity index (χ1v) is 8.02.